The lowest BCUT2D eigenvalue weighted by atomic mass is 10.00. The summed E-state index contributed by atoms with van der Waals surface area (Å²) in [5.41, 5.74) is -0.208. The average molecular weight is 579 g/mol. The van der Waals surface area contributed by atoms with Crippen LogP contribution >= 0.6 is 11.3 Å². The van der Waals surface area contributed by atoms with E-state index >= 15 is 0 Å². The SMILES string of the molecule is COc1cnc(C(F)F)cc1-c1cc(-n2cc(C)ccc2=O)ncc1C(=O)Nc1nnc(C2C[C@@H]2C(F)(F)F)s1. The van der Waals surface area contributed by atoms with Gasteiger partial charge in [-0.3, -0.25) is 24.5 Å². The number of carbonyl (C=O) groups is 1. The lowest BCUT2D eigenvalue weighted by molar-refractivity contribution is -0.148. The highest BCUT2D eigenvalue weighted by Gasteiger charge is 2.57. The molecule has 1 aliphatic rings. The highest BCUT2D eigenvalue weighted by molar-refractivity contribution is 7.15. The summed E-state index contributed by atoms with van der Waals surface area (Å²) in [6.45, 7) is 1.76. The second-order valence-electron chi connectivity index (χ2n) is 9.00. The summed E-state index contributed by atoms with van der Waals surface area (Å²) in [5.74, 6) is -2.93. The van der Waals surface area contributed by atoms with Crippen molar-refractivity contribution in [3.8, 4) is 22.7 Å². The number of amides is 1. The van der Waals surface area contributed by atoms with Crippen molar-refractivity contribution in [2.24, 2.45) is 5.92 Å². The smallest absolute Gasteiger partial charge is 0.392 e. The van der Waals surface area contributed by atoms with Crippen molar-refractivity contribution in [2.75, 3.05) is 12.4 Å². The maximum absolute atomic E-state index is 13.5. The number of halogens is 5. The number of nitrogens with zero attached hydrogens (tertiary/aromatic N) is 5. The number of hydrogen-bond acceptors (Lipinski definition) is 8. The van der Waals surface area contributed by atoms with Crippen molar-refractivity contribution in [1.29, 1.82) is 0 Å². The fourth-order valence-corrected chi connectivity index (χ4v) is 5.05. The van der Waals surface area contributed by atoms with Gasteiger partial charge >= 0.3 is 6.18 Å². The molecule has 0 aliphatic heterocycles. The normalized spacial score (nSPS) is 16.7. The number of methoxy groups -OCH3 is 1. The van der Waals surface area contributed by atoms with E-state index in [1.807, 2.05) is 0 Å². The van der Waals surface area contributed by atoms with Gasteiger partial charge in [0.25, 0.3) is 17.9 Å². The Labute approximate surface area is 226 Å². The Morgan fingerprint density at radius 3 is 2.60 bits per heavy atom. The molecule has 4 heterocycles. The first-order valence-corrected chi connectivity index (χ1v) is 12.5. The molecule has 4 aromatic heterocycles. The van der Waals surface area contributed by atoms with Gasteiger partial charge in [-0.2, -0.15) is 13.2 Å². The number of aryl methyl sites for hydroxylation is 1. The maximum atomic E-state index is 13.5. The third-order valence-corrected chi connectivity index (χ3v) is 7.22. The minimum atomic E-state index is -4.35. The minimum absolute atomic E-state index is 0.0484. The van der Waals surface area contributed by atoms with E-state index in [0.717, 1.165) is 35.4 Å². The van der Waals surface area contributed by atoms with Crippen molar-refractivity contribution < 1.29 is 31.5 Å². The fraction of sp³-hybridized carbons (Fsp3) is 0.280. The molecule has 0 bridgehead atoms. The fourth-order valence-electron chi connectivity index (χ4n) is 4.13. The molecule has 1 amide bonds. The molecular formula is C25H19F5N6O3S. The van der Waals surface area contributed by atoms with E-state index in [0.29, 0.717) is 0 Å². The second kappa shape index (κ2) is 10.4. The van der Waals surface area contributed by atoms with Gasteiger partial charge in [0.05, 0.1) is 24.8 Å². The summed E-state index contributed by atoms with van der Waals surface area (Å²) >= 11 is 0.812. The van der Waals surface area contributed by atoms with Crippen LogP contribution < -0.4 is 15.6 Å². The predicted molar refractivity (Wildman–Crippen MR) is 134 cm³/mol. The topological polar surface area (TPSA) is 112 Å². The number of anilines is 1. The van der Waals surface area contributed by atoms with Crippen molar-refractivity contribution in [3.05, 3.63) is 75.0 Å². The standard InChI is InChI=1S/C25H19F5N6O3S/c1-11-3-4-20(37)36(10-11)19-7-12(13-6-17(21(26)27)31-9-18(13)39-2)15(8-32-19)22(38)33-24-35-34-23(40-24)14-5-16(14)25(28,29)30/h3-4,6-10,14,16,21H,5H2,1-2H3,(H,33,35,38)/t14?,16-/m0/s1. The Hall–Kier alpha value is -4.27. The molecule has 0 radical (unpaired) electrons. The zero-order valence-electron chi connectivity index (χ0n) is 20.7. The molecule has 0 aromatic carbocycles. The highest BCUT2D eigenvalue weighted by atomic mass is 32.1. The van der Waals surface area contributed by atoms with Crippen molar-refractivity contribution >= 4 is 22.4 Å². The summed E-state index contributed by atoms with van der Waals surface area (Å²) in [4.78, 5) is 33.8. The Balaban J connectivity index is 1.56. The molecule has 9 nitrogen and oxygen atoms in total. The number of pyridine rings is 3. The van der Waals surface area contributed by atoms with Gasteiger partial charge in [-0.1, -0.05) is 17.4 Å². The molecule has 0 spiro atoms. The van der Waals surface area contributed by atoms with Crippen LogP contribution in [0.15, 0.2) is 47.7 Å². The van der Waals surface area contributed by atoms with Gasteiger partial charge in [-0.25, -0.2) is 13.8 Å². The Morgan fingerprint density at radius 2 is 1.93 bits per heavy atom. The molecule has 40 heavy (non-hydrogen) atoms. The summed E-state index contributed by atoms with van der Waals surface area (Å²) in [7, 11) is 1.30. The van der Waals surface area contributed by atoms with Gasteiger partial charge in [0, 0.05) is 35.5 Å². The van der Waals surface area contributed by atoms with Crippen molar-refractivity contribution in [1.82, 2.24) is 24.7 Å². The van der Waals surface area contributed by atoms with Crippen LogP contribution in [0.2, 0.25) is 0 Å². The van der Waals surface area contributed by atoms with Crippen molar-refractivity contribution in [2.45, 2.75) is 31.9 Å². The van der Waals surface area contributed by atoms with E-state index in [9.17, 15) is 31.5 Å². The monoisotopic (exact) mass is 578 g/mol. The lowest BCUT2D eigenvalue weighted by Crippen LogP contribution is -2.19. The zero-order chi connectivity index (χ0) is 28.8. The lowest BCUT2D eigenvalue weighted by Gasteiger charge is -2.15. The van der Waals surface area contributed by atoms with Gasteiger partial charge in [0.1, 0.15) is 22.3 Å². The van der Waals surface area contributed by atoms with Crippen LogP contribution in [0.5, 0.6) is 5.75 Å². The first-order chi connectivity index (χ1) is 19.0. The summed E-state index contributed by atoms with van der Waals surface area (Å²) in [6.07, 6.45) is -3.61. The van der Waals surface area contributed by atoms with E-state index in [2.05, 4.69) is 25.5 Å². The maximum Gasteiger partial charge on any atom is 0.392 e. The van der Waals surface area contributed by atoms with E-state index in [1.165, 1.54) is 30.0 Å². The molecular weight excluding hydrogens is 559 g/mol. The first kappa shape index (κ1) is 27.3. The van der Waals surface area contributed by atoms with Gasteiger partial charge in [0.15, 0.2) is 0 Å². The van der Waals surface area contributed by atoms with Gasteiger partial charge in [-0.05, 0) is 31.0 Å². The Bertz CT molecular complexity index is 1650. The molecule has 15 heteroatoms. The molecule has 4 aromatic rings. The van der Waals surface area contributed by atoms with Crippen LogP contribution in [-0.4, -0.2) is 43.9 Å². The van der Waals surface area contributed by atoms with Crippen LogP contribution in [0, 0.1) is 12.8 Å². The predicted octanol–water partition coefficient (Wildman–Crippen LogP) is 5.32. The largest absolute Gasteiger partial charge is 0.494 e. The number of ether oxygens (including phenoxy) is 1. The molecule has 208 valence electrons. The molecule has 1 unspecified atom stereocenters. The number of alkyl halides is 5. The Kier molecular flexibility index (Phi) is 7.08. The summed E-state index contributed by atoms with van der Waals surface area (Å²) < 4.78 is 72.5. The number of nitrogens with one attached hydrogen (secondary N) is 1. The third kappa shape index (κ3) is 5.41. The Morgan fingerprint density at radius 1 is 1.15 bits per heavy atom. The molecule has 1 saturated carbocycles. The van der Waals surface area contributed by atoms with Gasteiger partial charge in [0.2, 0.25) is 5.13 Å². The zero-order valence-corrected chi connectivity index (χ0v) is 21.6. The highest BCUT2D eigenvalue weighted by Crippen LogP contribution is 2.56. The van der Waals surface area contributed by atoms with E-state index in [1.54, 1.807) is 13.0 Å². The van der Waals surface area contributed by atoms with Crippen molar-refractivity contribution in [3.63, 3.8) is 0 Å². The summed E-state index contributed by atoms with van der Waals surface area (Å²) in [5, 5.41) is 10.2. The van der Waals surface area contributed by atoms with Crippen LogP contribution in [0.4, 0.5) is 27.1 Å². The number of aromatic nitrogens is 5. The van der Waals surface area contributed by atoms with Gasteiger partial charge < -0.3 is 4.74 Å². The number of hydrogen-bond donors (Lipinski definition) is 1. The number of carbonyl (C=O) groups excluding carboxylic acids is 1. The molecule has 1 fully saturated rings. The molecule has 1 N–H and O–H groups in total. The van der Waals surface area contributed by atoms with Crippen LogP contribution in [0.1, 0.15) is 45.4 Å². The van der Waals surface area contributed by atoms with E-state index in [-0.39, 0.29) is 44.8 Å². The minimum Gasteiger partial charge on any atom is -0.494 e. The van der Waals surface area contributed by atoms with E-state index < -0.39 is 41.6 Å². The molecule has 1 aliphatic carbocycles. The first-order valence-electron chi connectivity index (χ1n) is 11.7. The van der Waals surface area contributed by atoms with Crippen LogP contribution in [0.25, 0.3) is 16.9 Å². The molecule has 5 rings (SSSR count). The second-order valence-corrected chi connectivity index (χ2v) is 10.0. The average Bonchev–Trinajstić information content (AvgIpc) is 3.62. The van der Waals surface area contributed by atoms with Crippen LogP contribution in [0.3, 0.4) is 0 Å². The molecule has 0 saturated heterocycles. The molecule has 2 atom stereocenters. The number of rotatable bonds is 7. The quantitative estimate of drug-likeness (QED) is 0.296. The van der Waals surface area contributed by atoms with Gasteiger partial charge in [-0.15, -0.1) is 10.2 Å². The van der Waals surface area contributed by atoms with Crippen LogP contribution in [-0.2, 0) is 0 Å². The third-order valence-electron chi connectivity index (χ3n) is 6.25. The van der Waals surface area contributed by atoms with E-state index in [4.69, 9.17) is 4.74 Å². The summed E-state index contributed by atoms with van der Waals surface area (Å²) in [6, 6.07) is 5.37.